The summed E-state index contributed by atoms with van der Waals surface area (Å²) in [5, 5.41) is 2.96. The van der Waals surface area contributed by atoms with E-state index in [2.05, 4.69) is 17.5 Å². The highest BCUT2D eigenvalue weighted by Crippen LogP contribution is 2.32. The van der Waals surface area contributed by atoms with E-state index in [1.807, 2.05) is 4.90 Å². The number of nitrogens with one attached hydrogen (secondary N) is 1. The van der Waals surface area contributed by atoms with Gasteiger partial charge >= 0.3 is 6.03 Å². The Balaban J connectivity index is 1.28. The van der Waals surface area contributed by atoms with Gasteiger partial charge in [-0.15, -0.1) is 0 Å². The number of hydrogen-bond acceptors (Lipinski definition) is 3. The fourth-order valence-corrected chi connectivity index (χ4v) is 3.51. The monoisotopic (exact) mass is 294 g/mol. The first-order valence-electron chi connectivity index (χ1n) is 8.20. The molecule has 3 unspecified atom stereocenters. The topological polar surface area (TPSA) is 50.8 Å². The molecule has 2 aliphatic heterocycles. The molecule has 1 N–H and O–H groups in total. The number of hydrogen-bond donors (Lipinski definition) is 1. The molecule has 3 atom stereocenters. The zero-order valence-corrected chi connectivity index (χ0v) is 12.6. The Morgan fingerprint density at radius 3 is 2.71 bits per heavy atom. The van der Waals surface area contributed by atoms with Crippen LogP contribution in [-0.2, 0) is 9.47 Å². The van der Waals surface area contributed by atoms with Crippen LogP contribution in [0.1, 0.15) is 25.7 Å². The van der Waals surface area contributed by atoms with E-state index in [1.54, 1.807) is 0 Å². The zero-order chi connectivity index (χ0) is 14.5. The summed E-state index contributed by atoms with van der Waals surface area (Å²) < 4.78 is 11.0. The van der Waals surface area contributed by atoms with Crippen molar-refractivity contribution in [2.45, 2.75) is 31.8 Å². The summed E-state index contributed by atoms with van der Waals surface area (Å²) in [5.41, 5.74) is 0. The number of carbonyl (C=O) groups is 1. The van der Waals surface area contributed by atoms with E-state index in [0.29, 0.717) is 31.6 Å². The second kappa shape index (κ2) is 7.27. The van der Waals surface area contributed by atoms with Gasteiger partial charge < -0.3 is 19.7 Å². The van der Waals surface area contributed by atoms with Gasteiger partial charge in [0.15, 0.2) is 0 Å². The van der Waals surface area contributed by atoms with Crippen molar-refractivity contribution in [2.24, 2.45) is 11.8 Å². The van der Waals surface area contributed by atoms with E-state index >= 15 is 0 Å². The van der Waals surface area contributed by atoms with Crippen molar-refractivity contribution in [2.75, 3.05) is 39.5 Å². The second-order valence-electron chi connectivity index (χ2n) is 6.31. The quantitative estimate of drug-likeness (QED) is 0.621. The highest BCUT2D eigenvalue weighted by Gasteiger charge is 2.34. The molecule has 0 saturated carbocycles. The largest absolute Gasteiger partial charge is 0.377 e. The third-order valence-electron chi connectivity index (χ3n) is 4.76. The Morgan fingerprint density at radius 2 is 2.05 bits per heavy atom. The molecule has 0 radical (unpaired) electrons. The molecule has 2 fully saturated rings. The smallest absolute Gasteiger partial charge is 0.317 e. The number of likely N-dealkylation sites (tertiary alicyclic amines) is 1. The first kappa shape index (κ1) is 14.9. The van der Waals surface area contributed by atoms with Crippen LogP contribution in [0, 0.1) is 11.8 Å². The molecule has 0 aromatic heterocycles. The van der Waals surface area contributed by atoms with Crippen molar-refractivity contribution in [3.05, 3.63) is 12.2 Å². The first-order chi connectivity index (χ1) is 10.3. The van der Waals surface area contributed by atoms with Gasteiger partial charge in [-0.25, -0.2) is 4.79 Å². The van der Waals surface area contributed by atoms with Gasteiger partial charge in [0.05, 0.1) is 19.3 Å². The summed E-state index contributed by atoms with van der Waals surface area (Å²) in [7, 11) is 0. The van der Waals surface area contributed by atoms with E-state index < -0.39 is 0 Å². The molecule has 3 aliphatic rings. The van der Waals surface area contributed by atoms with E-state index in [1.165, 1.54) is 0 Å². The molecule has 2 heterocycles. The number of allylic oxidation sites excluding steroid dienone is 2. The molecule has 1 aliphatic carbocycles. The molecule has 5 heteroatoms. The summed E-state index contributed by atoms with van der Waals surface area (Å²) in [4.78, 5) is 14.1. The summed E-state index contributed by atoms with van der Waals surface area (Å²) in [6, 6.07) is 0.0603. The lowest BCUT2D eigenvalue weighted by Gasteiger charge is -2.17. The molecule has 2 amide bonds. The molecule has 2 saturated heterocycles. The number of carbonyl (C=O) groups excluding carboxylic acids is 1. The van der Waals surface area contributed by atoms with Crippen molar-refractivity contribution in [3.8, 4) is 0 Å². The summed E-state index contributed by atoms with van der Waals surface area (Å²) in [6.07, 6.45) is 9.24. The fourth-order valence-electron chi connectivity index (χ4n) is 3.51. The summed E-state index contributed by atoms with van der Waals surface area (Å²) >= 11 is 0. The SMILES string of the molecule is O=C(NCCOCC1CCCO1)N1CC2CC=CCC2C1. The molecular formula is C16H26N2O3. The summed E-state index contributed by atoms with van der Waals surface area (Å²) in [6.45, 7) is 4.45. The maximum absolute atomic E-state index is 12.1. The van der Waals surface area contributed by atoms with Crippen LogP contribution in [0.4, 0.5) is 4.79 Å². The second-order valence-corrected chi connectivity index (χ2v) is 6.31. The molecular weight excluding hydrogens is 268 g/mol. The number of amides is 2. The van der Waals surface area contributed by atoms with Crippen LogP contribution < -0.4 is 5.32 Å². The molecule has 0 bridgehead atoms. The third-order valence-corrected chi connectivity index (χ3v) is 4.76. The van der Waals surface area contributed by atoms with Crippen molar-refractivity contribution in [3.63, 3.8) is 0 Å². The highest BCUT2D eigenvalue weighted by atomic mass is 16.5. The Kier molecular flexibility index (Phi) is 5.14. The average molecular weight is 294 g/mol. The molecule has 3 rings (SSSR count). The predicted octanol–water partition coefficient (Wildman–Crippen LogP) is 1.79. The van der Waals surface area contributed by atoms with Gasteiger partial charge in [-0.05, 0) is 37.5 Å². The molecule has 0 spiro atoms. The first-order valence-corrected chi connectivity index (χ1v) is 8.20. The minimum absolute atomic E-state index is 0.0603. The van der Waals surface area contributed by atoms with Crippen molar-refractivity contribution < 1.29 is 14.3 Å². The lowest BCUT2D eigenvalue weighted by atomic mass is 9.86. The predicted molar refractivity (Wildman–Crippen MR) is 80.1 cm³/mol. The Morgan fingerprint density at radius 1 is 1.29 bits per heavy atom. The lowest BCUT2D eigenvalue weighted by molar-refractivity contribution is 0.0186. The van der Waals surface area contributed by atoms with E-state index in [4.69, 9.17) is 9.47 Å². The van der Waals surface area contributed by atoms with Gasteiger partial charge in [0, 0.05) is 26.2 Å². The van der Waals surface area contributed by atoms with Crippen molar-refractivity contribution in [1.82, 2.24) is 10.2 Å². The third kappa shape index (κ3) is 3.98. The number of ether oxygens (including phenoxy) is 2. The molecule has 0 aromatic carbocycles. The number of rotatable bonds is 5. The van der Waals surface area contributed by atoms with Gasteiger partial charge in [0.2, 0.25) is 0 Å². The number of fused-ring (bicyclic) bond motifs is 1. The zero-order valence-electron chi connectivity index (χ0n) is 12.6. The van der Waals surface area contributed by atoms with Crippen LogP contribution in [0.2, 0.25) is 0 Å². The van der Waals surface area contributed by atoms with Crippen LogP contribution in [0.3, 0.4) is 0 Å². The van der Waals surface area contributed by atoms with Crippen LogP contribution in [0.5, 0.6) is 0 Å². The van der Waals surface area contributed by atoms with Gasteiger partial charge in [0.1, 0.15) is 0 Å². The van der Waals surface area contributed by atoms with Gasteiger partial charge in [0.25, 0.3) is 0 Å². The van der Waals surface area contributed by atoms with Crippen LogP contribution in [0.25, 0.3) is 0 Å². The maximum Gasteiger partial charge on any atom is 0.317 e. The fraction of sp³-hybridized carbons (Fsp3) is 0.812. The summed E-state index contributed by atoms with van der Waals surface area (Å²) in [5.74, 6) is 1.33. The molecule has 118 valence electrons. The number of urea groups is 1. The normalized spacial score (nSPS) is 31.4. The van der Waals surface area contributed by atoms with Crippen molar-refractivity contribution in [1.29, 1.82) is 0 Å². The lowest BCUT2D eigenvalue weighted by Crippen LogP contribution is -2.40. The Bertz CT molecular complexity index is 364. The molecule has 5 nitrogen and oxygen atoms in total. The Labute approximate surface area is 126 Å². The minimum atomic E-state index is 0.0603. The maximum atomic E-state index is 12.1. The van der Waals surface area contributed by atoms with E-state index in [-0.39, 0.29) is 12.1 Å². The van der Waals surface area contributed by atoms with Gasteiger partial charge in [-0.3, -0.25) is 0 Å². The molecule has 0 aromatic rings. The van der Waals surface area contributed by atoms with Crippen molar-refractivity contribution >= 4 is 6.03 Å². The van der Waals surface area contributed by atoms with E-state index in [0.717, 1.165) is 45.4 Å². The van der Waals surface area contributed by atoms with Gasteiger partial charge in [-0.2, -0.15) is 0 Å². The van der Waals surface area contributed by atoms with Crippen LogP contribution in [-0.4, -0.2) is 56.5 Å². The van der Waals surface area contributed by atoms with Crippen LogP contribution >= 0.6 is 0 Å². The van der Waals surface area contributed by atoms with Crippen LogP contribution in [0.15, 0.2) is 12.2 Å². The molecule has 21 heavy (non-hydrogen) atoms. The average Bonchev–Trinajstić information content (AvgIpc) is 3.15. The van der Waals surface area contributed by atoms with Gasteiger partial charge in [-0.1, -0.05) is 12.2 Å². The number of nitrogens with zero attached hydrogens (tertiary/aromatic N) is 1. The van der Waals surface area contributed by atoms with E-state index in [9.17, 15) is 4.79 Å². The Hall–Kier alpha value is -1.07. The standard InChI is InChI=1S/C16H26N2O3/c19-16(17-7-9-20-12-15-6-3-8-21-15)18-10-13-4-1-2-5-14(13)11-18/h1-2,13-15H,3-12H2,(H,17,19). The minimum Gasteiger partial charge on any atom is -0.377 e. The highest BCUT2D eigenvalue weighted by molar-refractivity contribution is 5.74.